The molecule has 21 heavy (non-hydrogen) atoms. The fourth-order valence-electron chi connectivity index (χ4n) is 2.56. The molecule has 1 saturated heterocycles. The number of halogens is 1. The molecule has 116 valence electrons. The summed E-state index contributed by atoms with van der Waals surface area (Å²) >= 11 is 6.15. The highest BCUT2D eigenvalue weighted by atomic mass is 35.5. The number of hydrogen-bond acceptors (Lipinski definition) is 5. The predicted molar refractivity (Wildman–Crippen MR) is 83.1 cm³/mol. The van der Waals surface area contributed by atoms with Crippen LogP contribution in [0.4, 0.5) is 11.4 Å². The standard InChI is InChI=1S/C14H20ClN3O3/c1-14(2,19)10-16-5-7-17(8-6-16)13-4-3-11(18(20)21)9-12(13)15/h3-4,9,19H,5-8,10H2,1-2H3. The fraction of sp³-hybridized carbons (Fsp3) is 0.571. The van der Waals surface area contributed by atoms with E-state index in [1.165, 1.54) is 12.1 Å². The van der Waals surface area contributed by atoms with E-state index in [-0.39, 0.29) is 5.69 Å². The summed E-state index contributed by atoms with van der Waals surface area (Å²) in [6.45, 7) is 7.46. The Kier molecular flexibility index (Phi) is 4.70. The molecular formula is C14H20ClN3O3. The molecule has 1 aromatic rings. The smallest absolute Gasteiger partial charge is 0.271 e. The van der Waals surface area contributed by atoms with Gasteiger partial charge in [-0.15, -0.1) is 0 Å². The van der Waals surface area contributed by atoms with E-state index in [9.17, 15) is 15.2 Å². The van der Waals surface area contributed by atoms with E-state index < -0.39 is 10.5 Å². The van der Waals surface area contributed by atoms with Crippen LogP contribution in [0.3, 0.4) is 0 Å². The first-order valence-corrected chi connectivity index (χ1v) is 7.28. The highest BCUT2D eigenvalue weighted by molar-refractivity contribution is 6.33. The maximum atomic E-state index is 10.7. The van der Waals surface area contributed by atoms with Gasteiger partial charge in [-0.05, 0) is 19.9 Å². The SMILES string of the molecule is CC(C)(O)CN1CCN(c2ccc([N+](=O)[O-])cc2Cl)CC1. The van der Waals surface area contributed by atoms with Gasteiger partial charge in [-0.1, -0.05) is 11.6 Å². The maximum Gasteiger partial charge on any atom is 0.271 e. The van der Waals surface area contributed by atoms with E-state index in [0.717, 1.165) is 31.9 Å². The molecule has 1 aliphatic heterocycles. The number of rotatable bonds is 4. The van der Waals surface area contributed by atoms with Crippen LogP contribution in [0.1, 0.15) is 13.8 Å². The van der Waals surface area contributed by atoms with Crippen LogP contribution in [-0.2, 0) is 0 Å². The molecule has 0 bridgehead atoms. The number of benzene rings is 1. The molecule has 2 rings (SSSR count). The van der Waals surface area contributed by atoms with E-state index in [4.69, 9.17) is 11.6 Å². The number of hydrogen-bond donors (Lipinski definition) is 1. The highest BCUT2D eigenvalue weighted by Crippen LogP contribution is 2.30. The van der Waals surface area contributed by atoms with E-state index in [2.05, 4.69) is 9.80 Å². The van der Waals surface area contributed by atoms with Gasteiger partial charge in [-0.25, -0.2) is 0 Å². The minimum absolute atomic E-state index is 0.00409. The number of anilines is 1. The van der Waals surface area contributed by atoms with Crippen LogP contribution in [0.5, 0.6) is 0 Å². The van der Waals surface area contributed by atoms with E-state index in [1.54, 1.807) is 19.9 Å². The third-order valence-corrected chi connectivity index (χ3v) is 3.77. The summed E-state index contributed by atoms with van der Waals surface area (Å²) in [5, 5.41) is 21.0. The number of non-ortho nitro benzene ring substituents is 1. The van der Waals surface area contributed by atoms with Crippen LogP contribution >= 0.6 is 11.6 Å². The molecule has 0 unspecified atom stereocenters. The molecule has 1 N–H and O–H groups in total. The topological polar surface area (TPSA) is 69.8 Å². The lowest BCUT2D eigenvalue weighted by Crippen LogP contribution is -2.50. The van der Waals surface area contributed by atoms with Crippen LogP contribution < -0.4 is 4.90 Å². The van der Waals surface area contributed by atoms with Gasteiger partial charge in [0.2, 0.25) is 0 Å². The minimum Gasteiger partial charge on any atom is -0.389 e. The lowest BCUT2D eigenvalue weighted by molar-refractivity contribution is -0.384. The first kappa shape index (κ1) is 16.0. The van der Waals surface area contributed by atoms with Gasteiger partial charge in [0, 0.05) is 44.9 Å². The van der Waals surface area contributed by atoms with Crippen molar-refractivity contribution in [3.05, 3.63) is 33.3 Å². The van der Waals surface area contributed by atoms with Crippen molar-refractivity contribution in [3.8, 4) is 0 Å². The van der Waals surface area contributed by atoms with Gasteiger partial charge in [0.05, 0.1) is 21.2 Å². The lowest BCUT2D eigenvalue weighted by Gasteiger charge is -2.38. The summed E-state index contributed by atoms with van der Waals surface area (Å²) in [6, 6.07) is 4.57. The average Bonchev–Trinajstić information content (AvgIpc) is 2.38. The first-order chi connectivity index (χ1) is 9.76. The second-order valence-electron chi connectivity index (χ2n) is 5.97. The third kappa shape index (κ3) is 4.30. The molecule has 0 radical (unpaired) electrons. The van der Waals surface area contributed by atoms with Crippen molar-refractivity contribution in [3.63, 3.8) is 0 Å². The molecule has 1 aromatic carbocycles. The summed E-state index contributed by atoms with van der Waals surface area (Å²) in [7, 11) is 0. The van der Waals surface area contributed by atoms with Crippen molar-refractivity contribution in [2.75, 3.05) is 37.6 Å². The van der Waals surface area contributed by atoms with Crippen molar-refractivity contribution < 1.29 is 10.0 Å². The molecule has 7 heteroatoms. The third-order valence-electron chi connectivity index (χ3n) is 3.47. The minimum atomic E-state index is -0.701. The van der Waals surface area contributed by atoms with Crippen molar-refractivity contribution in [1.82, 2.24) is 4.90 Å². The summed E-state index contributed by atoms with van der Waals surface area (Å²) in [6.07, 6.45) is 0. The molecule has 0 aliphatic carbocycles. The van der Waals surface area contributed by atoms with Crippen LogP contribution in [0, 0.1) is 10.1 Å². The van der Waals surface area contributed by atoms with E-state index in [0.29, 0.717) is 11.6 Å². The Morgan fingerprint density at radius 2 is 1.95 bits per heavy atom. The summed E-state index contributed by atoms with van der Waals surface area (Å²) < 4.78 is 0. The Morgan fingerprint density at radius 1 is 1.33 bits per heavy atom. The lowest BCUT2D eigenvalue weighted by atomic mass is 10.1. The monoisotopic (exact) mass is 313 g/mol. The zero-order valence-electron chi connectivity index (χ0n) is 12.3. The molecule has 1 aliphatic rings. The van der Waals surface area contributed by atoms with Gasteiger partial charge < -0.3 is 10.0 Å². The number of aliphatic hydroxyl groups is 1. The Morgan fingerprint density at radius 3 is 2.43 bits per heavy atom. The van der Waals surface area contributed by atoms with Crippen LogP contribution in [0.15, 0.2) is 18.2 Å². The van der Waals surface area contributed by atoms with Crippen LogP contribution in [-0.4, -0.2) is 53.3 Å². The number of nitro benzene ring substituents is 1. The van der Waals surface area contributed by atoms with Gasteiger partial charge in [0.1, 0.15) is 0 Å². The molecule has 6 nitrogen and oxygen atoms in total. The molecule has 1 heterocycles. The molecule has 1 fully saturated rings. The molecule has 0 atom stereocenters. The number of β-amino-alcohol motifs (C(OH)–C–C–N with tert-alkyl or cyclic N) is 1. The molecule has 0 aromatic heterocycles. The van der Waals surface area contributed by atoms with Gasteiger partial charge in [0.25, 0.3) is 5.69 Å². The molecule has 0 spiro atoms. The Hall–Kier alpha value is -1.37. The predicted octanol–water partition coefficient (Wildman–Crippen LogP) is 2.14. The highest BCUT2D eigenvalue weighted by Gasteiger charge is 2.24. The zero-order chi connectivity index (χ0) is 15.6. The summed E-state index contributed by atoms with van der Waals surface area (Å²) in [5.74, 6) is 0. The number of nitrogens with zero attached hydrogens (tertiary/aromatic N) is 3. The van der Waals surface area contributed by atoms with Crippen molar-refractivity contribution in [1.29, 1.82) is 0 Å². The van der Waals surface area contributed by atoms with Gasteiger partial charge in [-0.3, -0.25) is 15.0 Å². The molecule has 0 saturated carbocycles. The normalized spacial score (nSPS) is 17.0. The zero-order valence-corrected chi connectivity index (χ0v) is 13.0. The largest absolute Gasteiger partial charge is 0.389 e. The Labute approximate surface area is 129 Å². The number of nitro groups is 1. The van der Waals surface area contributed by atoms with E-state index >= 15 is 0 Å². The first-order valence-electron chi connectivity index (χ1n) is 6.90. The molecule has 0 amide bonds. The summed E-state index contributed by atoms with van der Waals surface area (Å²) in [5.41, 5.74) is 0.127. The number of piperazine rings is 1. The average molecular weight is 314 g/mol. The molecular weight excluding hydrogens is 294 g/mol. The van der Waals surface area contributed by atoms with Crippen molar-refractivity contribution >= 4 is 23.0 Å². The van der Waals surface area contributed by atoms with Gasteiger partial charge in [0.15, 0.2) is 0 Å². The second-order valence-corrected chi connectivity index (χ2v) is 6.38. The quantitative estimate of drug-likeness (QED) is 0.681. The van der Waals surface area contributed by atoms with Crippen LogP contribution in [0.25, 0.3) is 0 Å². The maximum absolute atomic E-state index is 10.7. The van der Waals surface area contributed by atoms with Gasteiger partial charge >= 0.3 is 0 Å². The summed E-state index contributed by atoms with van der Waals surface area (Å²) in [4.78, 5) is 14.6. The second kappa shape index (κ2) is 6.17. The Balaban J connectivity index is 2.01. The van der Waals surface area contributed by atoms with Crippen molar-refractivity contribution in [2.24, 2.45) is 0 Å². The Bertz CT molecular complexity index is 523. The fourth-order valence-corrected chi connectivity index (χ4v) is 2.85. The van der Waals surface area contributed by atoms with Crippen LogP contribution in [0.2, 0.25) is 5.02 Å². The van der Waals surface area contributed by atoms with Gasteiger partial charge in [-0.2, -0.15) is 0 Å². The van der Waals surface area contributed by atoms with E-state index in [1.807, 2.05) is 0 Å². The van der Waals surface area contributed by atoms with Crippen molar-refractivity contribution in [2.45, 2.75) is 19.4 Å².